The summed E-state index contributed by atoms with van der Waals surface area (Å²) in [6.07, 6.45) is -2.09. The molecule has 0 radical (unpaired) electrons. The number of halogens is 3. The van der Waals surface area contributed by atoms with Crippen LogP contribution in [0.1, 0.15) is 37.8 Å². The van der Waals surface area contributed by atoms with Crippen LogP contribution < -0.4 is 15.4 Å². The lowest BCUT2D eigenvalue weighted by Crippen LogP contribution is -2.49. The molecule has 3 rings (SSSR count). The maximum absolute atomic E-state index is 13.5. The molecule has 0 bridgehead atoms. The van der Waals surface area contributed by atoms with Crippen molar-refractivity contribution in [2.75, 3.05) is 55.7 Å². The largest absolute Gasteiger partial charge is 0.423 e. The highest BCUT2D eigenvalue weighted by Gasteiger charge is 2.38. The maximum atomic E-state index is 13.5. The van der Waals surface area contributed by atoms with E-state index in [9.17, 15) is 22.8 Å². The van der Waals surface area contributed by atoms with Crippen molar-refractivity contribution in [1.82, 2.24) is 20.1 Å². The summed E-state index contributed by atoms with van der Waals surface area (Å²) in [5, 5.41) is 14.3. The number of nitriles is 1. The molecule has 1 N–H and O–H groups in total. The number of hydrogen-bond acceptors (Lipinski definition) is 8. The second kappa shape index (κ2) is 12.5. The van der Waals surface area contributed by atoms with Crippen molar-refractivity contribution in [1.29, 1.82) is 5.26 Å². The third-order valence-electron chi connectivity index (χ3n) is 5.98. The lowest BCUT2D eigenvalue weighted by molar-refractivity contribution is -0.138. The van der Waals surface area contributed by atoms with Crippen molar-refractivity contribution in [3.63, 3.8) is 0 Å². The predicted molar refractivity (Wildman–Crippen MR) is 130 cm³/mol. The fraction of sp³-hybridized carbons (Fsp3) is 0.542. The fourth-order valence-electron chi connectivity index (χ4n) is 4.18. The Bertz CT molecular complexity index is 1140. The molecule has 3 heterocycles. The molecule has 1 aliphatic rings. The van der Waals surface area contributed by atoms with Crippen molar-refractivity contribution < 1.29 is 22.7 Å². The van der Waals surface area contributed by atoms with Crippen molar-refractivity contribution in [2.45, 2.75) is 39.0 Å². The van der Waals surface area contributed by atoms with Gasteiger partial charge in [-0.3, -0.25) is 9.59 Å². The van der Waals surface area contributed by atoms with Gasteiger partial charge in [-0.1, -0.05) is 6.92 Å². The first-order chi connectivity index (χ1) is 17.6. The van der Waals surface area contributed by atoms with Gasteiger partial charge >= 0.3 is 6.18 Å². The lowest BCUT2D eigenvalue weighted by Gasteiger charge is -2.35. The van der Waals surface area contributed by atoms with Crippen molar-refractivity contribution in [3.05, 3.63) is 46.0 Å². The molecule has 1 aliphatic heterocycles. The molecule has 1 saturated heterocycles. The van der Waals surface area contributed by atoms with Gasteiger partial charge in [0.2, 0.25) is 5.91 Å². The zero-order valence-corrected chi connectivity index (χ0v) is 20.8. The van der Waals surface area contributed by atoms with Crippen LogP contribution in [0.25, 0.3) is 0 Å². The van der Waals surface area contributed by atoms with E-state index >= 15 is 0 Å². The molecule has 0 aliphatic carbocycles. The van der Waals surface area contributed by atoms with E-state index in [1.165, 1.54) is 11.1 Å². The highest BCUT2D eigenvalue weighted by atomic mass is 19.4. The van der Waals surface area contributed by atoms with E-state index < -0.39 is 23.4 Å². The third-order valence-corrected chi connectivity index (χ3v) is 5.98. The second-order valence-corrected chi connectivity index (χ2v) is 8.72. The maximum Gasteiger partial charge on any atom is 0.423 e. The number of ether oxygens (including phenoxy) is 1. The SMILES string of the molecule is CCCN(CC(C)OCCC(=O)N1CCN(c2ccc(C#N)cn2)CC1)c1cn[nH]c(=O)c1C(F)(F)F. The monoisotopic (exact) mass is 521 g/mol. The van der Waals surface area contributed by atoms with E-state index in [4.69, 9.17) is 10.00 Å². The summed E-state index contributed by atoms with van der Waals surface area (Å²) in [5.41, 5.74) is -2.38. The van der Waals surface area contributed by atoms with Crippen LogP contribution in [0.15, 0.2) is 29.3 Å². The number of nitrogens with one attached hydrogen (secondary N) is 1. The number of rotatable bonds is 10. The fourth-order valence-corrected chi connectivity index (χ4v) is 4.18. The summed E-state index contributed by atoms with van der Waals surface area (Å²) in [4.78, 5) is 34.0. The number of alkyl halides is 3. The molecule has 0 saturated carbocycles. The van der Waals surface area contributed by atoms with Crippen LogP contribution >= 0.6 is 0 Å². The molecular weight excluding hydrogens is 491 g/mol. The lowest BCUT2D eigenvalue weighted by atomic mass is 10.2. The molecule has 1 atom stereocenters. The van der Waals surface area contributed by atoms with Crippen molar-refractivity contribution in [2.24, 2.45) is 0 Å². The Morgan fingerprint density at radius 1 is 1.27 bits per heavy atom. The predicted octanol–water partition coefficient (Wildman–Crippen LogP) is 2.42. The van der Waals surface area contributed by atoms with Crippen LogP contribution in [0.2, 0.25) is 0 Å². The molecule has 2 aromatic rings. The minimum absolute atomic E-state index is 0.0665. The van der Waals surface area contributed by atoms with Crippen LogP contribution in [-0.4, -0.2) is 78.0 Å². The van der Waals surface area contributed by atoms with Crippen molar-refractivity contribution >= 4 is 17.4 Å². The standard InChI is InChI=1S/C24H30F3N7O3/c1-3-7-34(19-15-30-31-23(36)22(19)24(25,26)27)16-17(2)37-12-6-21(35)33-10-8-32(9-11-33)20-5-4-18(13-28)14-29-20/h4-5,14-15,17H,3,6-12,16H2,1-2H3,(H,31,36). The van der Waals surface area contributed by atoms with Gasteiger partial charge < -0.3 is 19.4 Å². The normalized spacial score (nSPS) is 14.8. The average Bonchev–Trinajstić information content (AvgIpc) is 2.87. The molecule has 1 fully saturated rings. The number of carbonyl (C=O) groups excluding carboxylic acids is 1. The van der Waals surface area contributed by atoms with Gasteiger partial charge in [0.15, 0.2) is 0 Å². The van der Waals surface area contributed by atoms with Crippen LogP contribution in [-0.2, 0) is 15.7 Å². The Hall–Kier alpha value is -3.66. The minimum atomic E-state index is -4.82. The van der Waals surface area contributed by atoms with Gasteiger partial charge in [-0.25, -0.2) is 10.1 Å². The Morgan fingerprint density at radius 3 is 2.59 bits per heavy atom. The number of anilines is 2. The van der Waals surface area contributed by atoms with Crippen molar-refractivity contribution in [3.8, 4) is 6.07 Å². The van der Waals surface area contributed by atoms with Crippen LogP contribution in [0.5, 0.6) is 0 Å². The van der Waals surface area contributed by atoms with E-state index in [1.54, 1.807) is 24.0 Å². The van der Waals surface area contributed by atoms with E-state index in [1.807, 2.05) is 23.0 Å². The number of hydrogen-bond donors (Lipinski definition) is 1. The number of pyridine rings is 1. The summed E-state index contributed by atoms with van der Waals surface area (Å²) in [7, 11) is 0. The van der Waals surface area contributed by atoms with E-state index in [-0.39, 0.29) is 37.7 Å². The quantitative estimate of drug-likeness (QED) is 0.507. The third kappa shape index (κ3) is 7.42. The Kier molecular flexibility index (Phi) is 9.46. The molecule has 200 valence electrons. The molecule has 10 nitrogen and oxygen atoms in total. The summed E-state index contributed by atoms with van der Waals surface area (Å²) in [6.45, 7) is 6.31. The minimum Gasteiger partial charge on any atom is -0.376 e. The molecule has 0 spiro atoms. The number of amides is 1. The molecule has 2 aromatic heterocycles. The zero-order valence-electron chi connectivity index (χ0n) is 20.8. The summed E-state index contributed by atoms with van der Waals surface area (Å²) in [5.74, 6) is 0.687. The number of aromatic amines is 1. The molecule has 0 aromatic carbocycles. The van der Waals surface area contributed by atoms with E-state index in [0.717, 1.165) is 12.0 Å². The molecule has 1 amide bonds. The number of piperazine rings is 1. The van der Waals surface area contributed by atoms with E-state index in [2.05, 4.69) is 10.1 Å². The van der Waals surface area contributed by atoms with Gasteiger partial charge in [-0.15, -0.1) is 0 Å². The van der Waals surface area contributed by atoms with E-state index in [0.29, 0.717) is 38.2 Å². The highest BCUT2D eigenvalue weighted by Crippen LogP contribution is 2.33. The van der Waals surface area contributed by atoms with Crippen LogP contribution in [0.3, 0.4) is 0 Å². The first-order valence-electron chi connectivity index (χ1n) is 12.0. The van der Waals surface area contributed by atoms with Gasteiger partial charge in [-0.05, 0) is 25.5 Å². The number of nitrogens with zero attached hydrogens (tertiary/aromatic N) is 6. The Morgan fingerprint density at radius 2 is 2.00 bits per heavy atom. The Labute approximate surface area is 212 Å². The van der Waals surface area contributed by atoms with Gasteiger partial charge in [-0.2, -0.15) is 23.5 Å². The number of aromatic nitrogens is 3. The van der Waals surface area contributed by atoms with Gasteiger partial charge in [0, 0.05) is 45.5 Å². The average molecular weight is 522 g/mol. The van der Waals surface area contributed by atoms with Gasteiger partial charge in [0.25, 0.3) is 5.56 Å². The first-order valence-corrected chi connectivity index (χ1v) is 12.0. The molecule has 37 heavy (non-hydrogen) atoms. The molecular formula is C24H30F3N7O3. The summed E-state index contributed by atoms with van der Waals surface area (Å²) in [6, 6.07) is 5.52. The number of H-pyrrole nitrogens is 1. The second-order valence-electron chi connectivity index (χ2n) is 8.72. The smallest absolute Gasteiger partial charge is 0.376 e. The van der Waals surface area contributed by atoms with Crippen LogP contribution in [0, 0.1) is 11.3 Å². The van der Waals surface area contributed by atoms with Crippen LogP contribution in [0.4, 0.5) is 24.7 Å². The summed E-state index contributed by atoms with van der Waals surface area (Å²) >= 11 is 0. The topological polar surface area (TPSA) is 118 Å². The Balaban J connectivity index is 1.49. The molecule has 1 unspecified atom stereocenters. The highest BCUT2D eigenvalue weighted by molar-refractivity contribution is 5.76. The summed E-state index contributed by atoms with van der Waals surface area (Å²) < 4.78 is 46.2. The van der Waals surface area contributed by atoms with Gasteiger partial charge in [0.1, 0.15) is 17.5 Å². The zero-order chi connectivity index (χ0) is 27.0. The first kappa shape index (κ1) is 27.9. The molecule has 13 heteroatoms. The number of carbonyl (C=O) groups is 1. The van der Waals surface area contributed by atoms with Gasteiger partial charge in [0.05, 0.1) is 36.6 Å².